The van der Waals surface area contributed by atoms with Crippen molar-refractivity contribution >= 4 is 35.6 Å². The van der Waals surface area contributed by atoms with E-state index in [1.165, 1.54) is 0 Å². The van der Waals surface area contributed by atoms with Gasteiger partial charge in [-0.05, 0) is 47.9 Å². The molecule has 0 bridgehead atoms. The summed E-state index contributed by atoms with van der Waals surface area (Å²) in [5, 5.41) is 0.674. The van der Waals surface area contributed by atoms with Gasteiger partial charge in [-0.3, -0.25) is 0 Å². The zero-order chi connectivity index (χ0) is 17.6. The second-order valence-corrected chi connectivity index (χ2v) is 5.99. The second-order valence-electron chi connectivity index (χ2n) is 5.55. The van der Waals surface area contributed by atoms with E-state index in [2.05, 4.69) is 4.99 Å². The van der Waals surface area contributed by atoms with Gasteiger partial charge in [-0.1, -0.05) is 60.1 Å². The summed E-state index contributed by atoms with van der Waals surface area (Å²) >= 11 is 5.85. The van der Waals surface area contributed by atoms with Crippen LogP contribution in [0.1, 0.15) is 18.1 Å². The van der Waals surface area contributed by atoms with Crippen LogP contribution in [0.3, 0.4) is 0 Å². The van der Waals surface area contributed by atoms with Gasteiger partial charge in [-0.25, -0.2) is 9.79 Å². The molecule has 0 radical (unpaired) electrons. The highest BCUT2D eigenvalue weighted by Crippen LogP contribution is 2.17. The number of hydrogen-bond donors (Lipinski definition) is 0. The van der Waals surface area contributed by atoms with E-state index in [-0.39, 0.29) is 5.90 Å². The third-order valence-corrected chi connectivity index (χ3v) is 3.74. The molecule has 0 unspecified atom stereocenters. The lowest BCUT2D eigenvalue weighted by Crippen LogP contribution is -2.01. The molecule has 4 heteroatoms. The number of ether oxygens (including phenoxy) is 1. The fourth-order valence-electron chi connectivity index (χ4n) is 2.31. The minimum Gasteiger partial charge on any atom is -0.403 e. The molecule has 0 fully saturated rings. The third kappa shape index (κ3) is 4.78. The van der Waals surface area contributed by atoms with Crippen molar-refractivity contribution in [3.63, 3.8) is 0 Å². The molecular weight excluding hydrogens is 334 g/mol. The fraction of sp³-hybridized carbons (Fsp3) is 0.0476. The largest absolute Gasteiger partial charge is 0.403 e. The number of cyclic esters (lactones) is 1. The van der Waals surface area contributed by atoms with Gasteiger partial charge in [0.2, 0.25) is 5.90 Å². The van der Waals surface area contributed by atoms with E-state index >= 15 is 0 Å². The molecule has 0 saturated carbocycles. The molecule has 0 saturated heterocycles. The molecule has 3 rings (SSSR count). The quantitative estimate of drug-likeness (QED) is 0.555. The number of carbonyl (C=O) groups is 1. The number of rotatable bonds is 4. The Kier molecular flexibility index (Phi) is 5.26. The highest BCUT2D eigenvalue weighted by molar-refractivity contribution is 6.30. The van der Waals surface area contributed by atoms with Crippen LogP contribution in [0, 0.1) is 0 Å². The Bertz CT molecular complexity index is 891. The van der Waals surface area contributed by atoms with Crippen molar-refractivity contribution in [2.75, 3.05) is 0 Å². The smallest absolute Gasteiger partial charge is 0.363 e. The molecule has 2 aromatic rings. The minimum atomic E-state index is -0.448. The molecular formula is C21H16ClNO2. The molecule has 1 aliphatic rings. The van der Waals surface area contributed by atoms with E-state index in [0.717, 1.165) is 16.7 Å². The summed E-state index contributed by atoms with van der Waals surface area (Å²) in [6.07, 6.45) is 7.19. The van der Waals surface area contributed by atoms with Gasteiger partial charge in [0.05, 0.1) is 0 Å². The monoisotopic (exact) mass is 349 g/mol. The van der Waals surface area contributed by atoms with Crippen LogP contribution in [-0.4, -0.2) is 11.9 Å². The maximum Gasteiger partial charge on any atom is 0.363 e. The van der Waals surface area contributed by atoms with Crippen LogP contribution in [0.2, 0.25) is 5.02 Å². The van der Waals surface area contributed by atoms with Gasteiger partial charge in [0.25, 0.3) is 0 Å². The highest BCUT2D eigenvalue weighted by atomic mass is 35.5. The first kappa shape index (κ1) is 16.9. The predicted molar refractivity (Wildman–Crippen MR) is 102 cm³/mol. The van der Waals surface area contributed by atoms with Gasteiger partial charge in [0, 0.05) is 11.1 Å². The number of hydrogen-bond acceptors (Lipinski definition) is 3. The van der Waals surface area contributed by atoms with Gasteiger partial charge in [0.1, 0.15) is 0 Å². The molecule has 124 valence electrons. The topological polar surface area (TPSA) is 38.7 Å². The van der Waals surface area contributed by atoms with Gasteiger partial charge in [0.15, 0.2) is 5.70 Å². The van der Waals surface area contributed by atoms with E-state index in [0.29, 0.717) is 10.7 Å². The van der Waals surface area contributed by atoms with E-state index < -0.39 is 5.97 Å². The third-order valence-electron chi connectivity index (χ3n) is 3.48. The zero-order valence-corrected chi connectivity index (χ0v) is 14.4. The normalized spacial score (nSPS) is 16.4. The predicted octanol–water partition coefficient (Wildman–Crippen LogP) is 5.30. The fourth-order valence-corrected chi connectivity index (χ4v) is 2.43. The van der Waals surface area contributed by atoms with Crippen molar-refractivity contribution in [3.8, 4) is 0 Å². The molecule has 0 spiro atoms. The summed E-state index contributed by atoms with van der Waals surface area (Å²) in [5.41, 5.74) is 3.22. The van der Waals surface area contributed by atoms with E-state index in [4.69, 9.17) is 16.3 Å². The van der Waals surface area contributed by atoms with Crippen LogP contribution < -0.4 is 0 Å². The van der Waals surface area contributed by atoms with Gasteiger partial charge < -0.3 is 4.74 Å². The summed E-state index contributed by atoms with van der Waals surface area (Å²) in [6, 6.07) is 17.2. The Balaban J connectivity index is 1.75. The van der Waals surface area contributed by atoms with E-state index in [1.807, 2.05) is 61.5 Å². The average Bonchev–Trinajstić information content (AvgIpc) is 2.95. The molecule has 0 aliphatic carbocycles. The number of allylic oxidation sites excluding steroid dienone is 2. The lowest BCUT2D eigenvalue weighted by molar-refractivity contribution is -0.129. The first-order valence-electron chi connectivity index (χ1n) is 7.80. The summed E-state index contributed by atoms with van der Waals surface area (Å²) in [4.78, 5) is 16.2. The molecule has 2 aromatic carbocycles. The Hall–Kier alpha value is -2.91. The SMILES string of the molecule is CC(/C=C1N=C(/C=C/c2ccc(Cl)cc2)OC\1=O)=C\c1ccccc1. The van der Waals surface area contributed by atoms with Crippen LogP contribution in [0.25, 0.3) is 12.2 Å². The van der Waals surface area contributed by atoms with Crippen LogP contribution in [-0.2, 0) is 9.53 Å². The summed E-state index contributed by atoms with van der Waals surface area (Å²) < 4.78 is 5.17. The zero-order valence-electron chi connectivity index (χ0n) is 13.6. The molecule has 0 N–H and O–H groups in total. The minimum absolute atomic E-state index is 0.277. The van der Waals surface area contributed by atoms with Gasteiger partial charge >= 0.3 is 5.97 Å². The van der Waals surface area contributed by atoms with Crippen molar-refractivity contribution in [2.45, 2.75) is 6.92 Å². The number of aliphatic imine (C=N–C) groups is 1. The first-order valence-corrected chi connectivity index (χ1v) is 8.17. The molecule has 0 aromatic heterocycles. The van der Waals surface area contributed by atoms with Gasteiger partial charge in [-0.15, -0.1) is 0 Å². The van der Waals surface area contributed by atoms with Crippen molar-refractivity contribution in [3.05, 3.63) is 94.2 Å². The molecule has 3 nitrogen and oxygen atoms in total. The summed E-state index contributed by atoms with van der Waals surface area (Å²) in [5.74, 6) is -0.171. The van der Waals surface area contributed by atoms with Crippen molar-refractivity contribution in [2.24, 2.45) is 4.99 Å². The van der Waals surface area contributed by atoms with Crippen LogP contribution in [0.5, 0.6) is 0 Å². The van der Waals surface area contributed by atoms with Crippen LogP contribution in [0.15, 0.2) is 83.0 Å². The van der Waals surface area contributed by atoms with Crippen molar-refractivity contribution in [1.82, 2.24) is 0 Å². The van der Waals surface area contributed by atoms with Crippen LogP contribution in [0.4, 0.5) is 0 Å². The number of benzene rings is 2. The maximum atomic E-state index is 11.9. The molecule has 0 amide bonds. The second kappa shape index (κ2) is 7.77. The Labute approximate surface area is 151 Å². The Morgan fingerprint density at radius 2 is 1.72 bits per heavy atom. The Morgan fingerprint density at radius 3 is 2.44 bits per heavy atom. The number of carbonyl (C=O) groups excluding carboxylic acids is 1. The van der Waals surface area contributed by atoms with Crippen molar-refractivity contribution in [1.29, 1.82) is 0 Å². The molecule has 1 heterocycles. The molecule has 1 aliphatic heterocycles. The van der Waals surface area contributed by atoms with Gasteiger partial charge in [-0.2, -0.15) is 0 Å². The van der Waals surface area contributed by atoms with Crippen molar-refractivity contribution < 1.29 is 9.53 Å². The summed E-state index contributed by atoms with van der Waals surface area (Å²) in [7, 11) is 0. The first-order chi connectivity index (χ1) is 12.1. The molecule has 0 atom stereocenters. The standard InChI is InChI=1S/C21H16ClNO2/c1-15(13-17-5-3-2-4-6-17)14-19-21(24)25-20(23-19)12-9-16-7-10-18(22)11-8-16/h2-14H,1H3/b12-9+,15-13+,19-14-. The molecule has 25 heavy (non-hydrogen) atoms. The number of nitrogens with zero attached hydrogens (tertiary/aromatic N) is 1. The average molecular weight is 350 g/mol. The maximum absolute atomic E-state index is 11.9. The Morgan fingerprint density at radius 1 is 1.00 bits per heavy atom. The highest BCUT2D eigenvalue weighted by Gasteiger charge is 2.20. The lowest BCUT2D eigenvalue weighted by atomic mass is 10.1. The van der Waals surface area contributed by atoms with E-state index in [9.17, 15) is 4.79 Å². The van der Waals surface area contributed by atoms with Crippen LogP contribution >= 0.6 is 11.6 Å². The van der Waals surface area contributed by atoms with E-state index in [1.54, 1.807) is 24.3 Å². The lowest BCUT2D eigenvalue weighted by Gasteiger charge is -1.95. The number of esters is 1. The number of halogens is 1. The summed E-state index contributed by atoms with van der Waals surface area (Å²) in [6.45, 7) is 1.92.